The zero-order chi connectivity index (χ0) is 31.3. The number of benzene rings is 3. The highest BCUT2D eigenvalue weighted by molar-refractivity contribution is 7.98. The summed E-state index contributed by atoms with van der Waals surface area (Å²) in [6, 6.07) is 18.8. The van der Waals surface area contributed by atoms with E-state index in [4.69, 9.17) is 17.3 Å². The number of hydrogen-bond acceptors (Lipinski definition) is 5. The molecule has 0 radical (unpaired) electrons. The average Bonchev–Trinajstić information content (AvgIpc) is 2.92. The number of nitrogens with two attached hydrogens (primary N) is 1. The zero-order valence-corrected chi connectivity index (χ0v) is 25.8. The van der Waals surface area contributed by atoms with E-state index >= 15 is 0 Å². The SMILES string of the molecule is Cc1cc(C)c(C2C(C#N)=C(N)N(c3cccc(C(F)(F)F)c3)C3=C2C(=O)CC(C)(C)C3)cc1CSc1ccc(Cl)cc1. The van der Waals surface area contributed by atoms with Crippen molar-refractivity contribution < 1.29 is 18.0 Å². The summed E-state index contributed by atoms with van der Waals surface area (Å²) in [5.41, 5.74) is 10.5. The molecule has 0 amide bonds. The van der Waals surface area contributed by atoms with Crippen LogP contribution in [0.1, 0.15) is 60.4 Å². The minimum Gasteiger partial charge on any atom is -0.384 e. The molecule has 1 atom stereocenters. The third-order valence-electron chi connectivity index (χ3n) is 8.06. The third-order valence-corrected chi connectivity index (χ3v) is 9.37. The number of allylic oxidation sites excluding steroid dienone is 3. The van der Waals surface area contributed by atoms with E-state index in [-0.39, 0.29) is 29.3 Å². The van der Waals surface area contributed by atoms with Crippen LogP contribution < -0.4 is 10.6 Å². The van der Waals surface area contributed by atoms with Crippen molar-refractivity contribution in [3.05, 3.63) is 116 Å². The Hall–Kier alpha value is -3.67. The lowest BCUT2D eigenvalue weighted by molar-refractivity contribution is -0.137. The Bertz CT molecular complexity index is 1720. The predicted octanol–water partition coefficient (Wildman–Crippen LogP) is 9.21. The number of aryl methyl sites for hydroxylation is 2. The fraction of sp³-hybridized carbons (Fsp3) is 0.294. The van der Waals surface area contributed by atoms with Gasteiger partial charge in [-0.3, -0.25) is 9.69 Å². The molecule has 4 nitrogen and oxygen atoms in total. The molecule has 0 saturated carbocycles. The summed E-state index contributed by atoms with van der Waals surface area (Å²) in [5, 5.41) is 11.1. The Morgan fingerprint density at radius 3 is 2.42 bits per heavy atom. The van der Waals surface area contributed by atoms with Crippen LogP contribution in [0.15, 0.2) is 88.2 Å². The minimum atomic E-state index is -4.57. The number of nitriles is 1. The number of thioether (sulfide) groups is 1. The van der Waals surface area contributed by atoms with Crippen LogP contribution in [0.3, 0.4) is 0 Å². The second kappa shape index (κ2) is 11.4. The molecule has 3 aromatic carbocycles. The monoisotopic (exact) mass is 621 g/mol. The minimum absolute atomic E-state index is 0.0353. The number of ketones is 1. The van der Waals surface area contributed by atoms with Gasteiger partial charge in [-0.2, -0.15) is 18.4 Å². The molecule has 1 aliphatic heterocycles. The molecule has 1 aliphatic carbocycles. The van der Waals surface area contributed by atoms with Gasteiger partial charge < -0.3 is 5.73 Å². The van der Waals surface area contributed by atoms with E-state index in [1.807, 2.05) is 58.0 Å². The zero-order valence-electron chi connectivity index (χ0n) is 24.3. The molecule has 9 heteroatoms. The van der Waals surface area contributed by atoms with E-state index in [9.17, 15) is 23.2 Å². The molecule has 0 bridgehead atoms. The standard InChI is InChI=1S/C34H31ClF3N3OS/c1-19-12-20(2)26(13-21(19)18-43-25-10-8-23(35)9-11-25)30-27(17-39)32(40)41(24-7-5-6-22(14-24)34(36,37)38)28-15-33(3,4)16-29(42)31(28)30/h5-14,30H,15-16,18,40H2,1-4H3. The molecular formula is C34H31ClF3N3OS. The molecule has 0 spiro atoms. The van der Waals surface area contributed by atoms with Crippen LogP contribution in [0.25, 0.3) is 0 Å². The van der Waals surface area contributed by atoms with Gasteiger partial charge in [-0.05, 0) is 90.4 Å². The molecule has 1 unspecified atom stereocenters. The van der Waals surface area contributed by atoms with Gasteiger partial charge >= 0.3 is 6.18 Å². The summed E-state index contributed by atoms with van der Waals surface area (Å²) in [5.74, 6) is -0.179. The fourth-order valence-electron chi connectivity index (χ4n) is 6.01. The van der Waals surface area contributed by atoms with Gasteiger partial charge in [-0.25, -0.2) is 0 Å². The van der Waals surface area contributed by atoms with E-state index in [0.29, 0.717) is 28.5 Å². The second-order valence-corrected chi connectivity index (χ2v) is 13.4. The van der Waals surface area contributed by atoms with Crippen molar-refractivity contribution in [1.82, 2.24) is 0 Å². The maximum atomic E-state index is 13.9. The van der Waals surface area contributed by atoms with Crippen molar-refractivity contribution in [3.63, 3.8) is 0 Å². The van der Waals surface area contributed by atoms with Crippen molar-refractivity contribution in [3.8, 4) is 6.07 Å². The van der Waals surface area contributed by atoms with Crippen LogP contribution in [0.5, 0.6) is 0 Å². The summed E-state index contributed by atoms with van der Waals surface area (Å²) < 4.78 is 41.1. The lowest BCUT2D eigenvalue weighted by atomic mass is 9.68. The van der Waals surface area contributed by atoms with E-state index in [1.54, 1.807) is 11.8 Å². The summed E-state index contributed by atoms with van der Waals surface area (Å²) in [6.07, 6.45) is -3.91. The largest absolute Gasteiger partial charge is 0.416 e. The maximum absolute atomic E-state index is 13.9. The molecule has 222 valence electrons. The molecular weight excluding hydrogens is 591 g/mol. The van der Waals surface area contributed by atoms with Crippen molar-refractivity contribution in [2.75, 3.05) is 4.90 Å². The van der Waals surface area contributed by atoms with Crippen LogP contribution in [0.2, 0.25) is 5.02 Å². The Kier molecular flexibility index (Phi) is 8.19. The number of halogens is 4. The third kappa shape index (κ3) is 6.07. The molecule has 0 saturated heterocycles. The first-order chi connectivity index (χ1) is 20.2. The predicted molar refractivity (Wildman–Crippen MR) is 165 cm³/mol. The fourth-order valence-corrected chi connectivity index (χ4v) is 7.10. The van der Waals surface area contributed by atoms with Crippen LogP contribution in [-0.2, 0) is 16.7 Å². The summed E-state index contributed by atoms with van der Waals surface area (Å²) >= 11 is 7.69. The van der Waals surface area contributed by atoms with E-state index < -0.39 is 23.1 Å². The smallest absolute Gasteiger partial charge is 0.384 e. The normalized spacial score (nSPS) is 18.5. The second-order valence-electron chi connectivity index (χ2n) is 11.9. The topological polar surface area (TPSA) is 70.1 Å². The van der Waals surface area contributed by atoms with E-state index in [2.05, 4.69) is 12.1 Å². The van der Waals surface area contributed by atoms with Gasteiger partial charge in [0, 0.05) is 39.0 Å². The highest BCUT2D eigenvalue weighted by Crippen LogP contribution is 2.51. The first kappa shape index (κ1) is 30.8. The number of Topliss-reactive ketones (excluding diaryl/α,β-unsaturated/α-hetero) is 1. The molecule has 5 rings (SSSR count). The van der Waals surface area contributed by atoms with E-state index in [0.717, 1.165) is 39.3 Å². The van der Waals surface area contributed by atoms with Crippen LogP contribution >= 0.6 is 23.4 Å². The number of alkyl halides is 3. The number of hydrogen-bond donors (Lipinski definition) is 1. The van der Waals surface area contributed by atoms with E-state index in [1.165, 1.54) is 17.0 Å². The first-order valence-corrected chi connectivity index (χ1v) is 15.2. The Balaban J connectivity index is 1.67. The highest BCUT2D eigenvalue weighted by Gasteiger charge is 2.45. The Morgan fingerprint density at radius 2 is 1.77 bits per heavy atom. The lowest BCUT2D eigenvalue weighted by Gasteiger charge is -2.44. The van der Waals surface area contributed by atoms with Crippen molar-refractivity contribution in [1.29, 1.82) is 5.26 Å². The van der Waals surface area contributed by atoms with Gasteiger partial charge in [0.25, 0.3) is 0 Å². The van der Waals surface area contributed by atoms with Crippen LogP contribution in [0.4, 0.5) is 18.9 Å². The number of rotatable bonds is 5. The lowest BCUT2D eigenvalue weighted by Crippen LogP contribution is -2.42. The van der Waals surface area contributed by atoms with Gasteiger partial charge in [-0.15, -0.1) is 11.8 Å². The van der Waals surface area contributed by atoms with Gasteiger partial charge in [0.1, 0.15) is 5.82 Å². The van der Waals surface area contributed by atoms with Crippen molar-refractivity contribution >= 4 is 34.8 Å². The van der Waals surface area contributed by atoms with Gasteiger partial charge in [0.15, 0.2) is 5.78 Å². The summed E-state index contributed by atoms with van der Waals surface area (Å²) in [4.78, 5) is 16.5. The highest BCUT2D eigenvalue weighted by atomic mass is 35.5. The number of nitrogens with zero attached hydrogens (tertiary/aromatic N) is 2. The molecule has 2 aliphatic rings. The molecule has 43 heavy (non-hydrogen) atoms. The van der Waals surface area contributed by atoms with Gasteiger partial charge in [0.05, 0.1) is 23.1 Å². The quantitative estimate of drug-likeness (QED) is 0.288. The number of carbonyl (C=O) groups is 1. The van der Waals surface area contributed by atoms with Crippen LogP contribution in [-0.4, -0.2) is 5.78 Å². The summed E-state index contributed by atoms with van der Waals surface area (Å²) in [7, 11) is 0. The molecule has 2 N–H and O–H groups in total. The van der Waals surface area contributed by atoms with Crippen LogP contribution in [0, 0.1) is 30.6 Å². The Morgan fingerprint density at radius 1 is 1.07 bits per heavy atom. The first-order valence-electron chi connectivity index (χ1n) is 13.8. The molecule has 0 fully saturated rings. The summed E-state index contributed by atoms with van der Waals surface area (Å²) in [6.45, 7) is 7.88. The Labute approximate surface area is 259 Å². The van der Waals surface area contributed by atoms with Gasteiger partial charge in [0.2, 0.25) is 0 Å². The van der Waals surface area contributed by atoms with Gasteiger partial charge in [-0.1, -0.05) is 43.6 Å². The molecule has 1 heterocycles. The molecule has 3 aromatic rings. The number of anilines is 1. The van der Waals surface area contributed by atoms with Crippen molar-refractivity contribution in [2.45, 2.75) is 63.3 Å². The molecule has 0 aromatic heterocycles. The van der Waals surface area contributed by atoms with Crippen molar-refractivity contribution in [2.24, 2.45) is 11.1 Å². The number of carbonyl (C=O) groups excluding carboxylic acids is 1. The average molecular weight is 622 g/mol. The maximum Gasteiger partial charge on any atom is 0.416 e.